The summed E-state index contributed by atoms with van der Waals surface area (Å²) in [6, 6.07) is 10.6. The molecule has 0 spiro atoms. The van der Waals surface area contributed by atoms with Gasteiger partial charge in [0.05, 0.1) is 10.5 Å². The normalized spacial score (nSPS) is 14.0. The van der Waals surface area contributed by atoms with Crippen LogP contribution in [0.5, 0.6) is 0 Å². The van der Waals surface area contributed by atoms with Crippen LogP contribution in [0.4, 0.5) is 15.8 Å². The third kappa shape index (κ3) is 4.31. The van der Waals surface area contributed by atoms with E-state index in [0.29, 0.717) is 37.2 Å². The molecule has 1 saturated heterocycles. The maximum absolute atomic E-state index is 13.3. The lowest BCUT2D eigenvalue weighted by molar-refractivity contribution is -0.384. The van der Waals surface area contributed by atoms with E-state index in [1.54, 1.807) is 24.1 Å². The number of nitro benzene ring substituents is 1. The van der Waals surface area contributed by atoms with Gasteiger partial charge in [-0.05, 0) is 36.6 Å². The molecule has 1 aliphatic heterocycles. The van der Waals surface area contributed by atoms with Crippen molar-refractivity contribution in [2.45, 2.75) is 12.8 Å². The van der Waals surface area contributed by atoms with E-state index in [4.69, 9.17) is 0 Å². The van der Waals surface area contributed by atoms with Gasteiger partial charge in [-0.3, -0.25) is 14.9 Å². The second-order valence-electron chi connectivity index (χ2n) is 6.39. The van der Waals surface area contributed by atoms with E-state index in [1.807, 2.05) is 12.1 Å². The van der Waals surface area contributed by atoms with Gasteiger partial charge in [0, 0.05) is 38.0 Å². The smallest absolute Gasteiger partial charge is 0.270 e. The Bertz CT molecular complexity index is 901. The Kier molecular flexibility index (Phi) is 5.49. The molecule has 0 radical (unpaired) electrons. The van der Waals surface area contributed by atoms with E-state index in [9.17, 15) is 19.3 Å². The Labute approximate surface area is 156 Å². The SMILES string of the molecule is CNc1ccc([N+](=O)[O-])cc1C(=O)N1CCC(=Cc2cccc(F)c2)CC1. The van der Waals surface area contributed by atoms with Crippen LogP contribution in [-0.2, 0) is 0 Å². The lowest BCUT2D eigenvalue weighted by atomic mass is 10.00. The lowest BCUT2D eigenvalue weighted by Gasteiger charge is -2.29. The van der Waals surface area contributed by atoms with Crippen LogP contribution in [0, 0.1) is 15.9 Å². The summed E-state index contributed by atoms with van der Waals surface area (Å²) in [6.45, 7) is 1.04. The number of rotatable bonds is 4. The van der Waals surface area contributed by atoms with Crippen molar-refractivity contribution in [2.75, 3.05) is 25.5 Å². The van der Waals surface area contributed by atoms with E-state index < -0.39 is 4.92 Å². The third-order valence-corrected chi connectivity index (χ3v) is 4.63. The molecule has 0 aliphatic carbocycles. The van der Waals surface area contributed by atoms with Crippen LogP contribution in [0.1, 0.15) is 28.8 Å². The van der Waals surface area contributed by atoms with Gasteiger partial charge in [-0.25, -0.2) is 4.39 Å². The monoisotopic (exact) mass is 369 g/mol. The van der Waals surface area contributed by atoms with Gasteiger partial charge in [0.1, 0.15) is 5.82 Å². The second kappa shape index (κ2) is 7.99. The summed E-state index contributed by atoms with van der Waals surface area (Å²) in [5.41, 5.74) is 2.70. The number of piperidine rings is 1. The molecular weight excluding hydrogens is 349 g/mol. The van der Waals surface area contributed by atoms with Crippen molar-refractivity contribution in [3.05, 3.63) is 75.1 Å². The van der Waals surface area contributed by atoms with Gasteiger partial charge >= 0.3 is 0 Å². The molecule has 1 fully saturated rings. The molecule has 0 bridgehead atoms. The summed E-state index contributed by atoms with van der Waals surface area (Å²) < 4.78 is 13.3. The summed E-state index contributed by atoms with van der Waals surface area (Å²) in [5.74, 6) is -0.505. The number of amides is 1. The molecule has 1 N–H and O–H groups in total. The Morgan fingerprint density at radius 1 is 1.22 bits per heavy atom. The molecule has 0 saturated carbocycles. The molecule has 2 aromatic carbocycles. The third-order valence-electron chi connectivity index (χ3n) is 4.63. The fraction of sp³-hybridized carbons (Fsp3) is 0.250. The molecule has 140 valence electrons. The Morgan fingerprint density at radius 2 is 1.96 bits per heavy atom. The molecule has 0 aromatic heterocycles. The molecule has 1 aliphatic rings. The van der Waals surface area contributed by atoms with Crippen LogP contribution in [-0.4, -0.2) is 35.9 Å². The van der Waals surface area contributed by atoms with Gasteiger partial charge in [0.25, 0.3) is 11.6 Å². The summed E-state index contributed by atoms with van der Waals surface area (Å²) in [7, 11) is 1.67. The van der Waals surface area contributed by atoms with E-state index in [1.165, 1.54) is 24.3 Å². The highest BCUT2D eigenvalue weighted by atomic mass is 19.1. The molecule has 3 rings (SSSR count). The topological polar surface area (TPSA) is 75.5 Å². The van der Waals surface area contributed by atoms with Crippen molar-refractivity contribution >= 4 is 23.4 Å². The predicted octanol–water partition coefficient (Wildman–Crippen LogP) is 4.10. The minimum atomic E-state index is -0.508. The molecule has 6 nitrogen and oxygen atoms in total. The summed E-state index contributed by atoms with van der Waals surface area (Å²) in [5, 5.41) is 13.9. The standard InChI is InChI=1S/C20H20FN3O3/c1-22-19-6-5-17(24(26)27)13-18(19)20(25)23-9-7-14(8-10-23)11-15-3-2-4-16(21)12-15/h2-6,11-13,22H,7-10H2,1H3. The number of nitrogens with one attached hydrogen (secondary N) is 1. The fourth-order valence-corrected chi connectivity index (χ4v) is 3.18. The average Bonchev–Trinajstić information content (AvgIpc) is 2.67. The van der Waals surface area contributed by atoms with Crippen LogP contribution in [0.25, 0.3) is 6.08 Å². The summed E-state index contributed by atoms with van der Waals surface area (Å²) >= 11 is 0. The highest BCUT2D eigenvalue weighted by Crippen LogP contribution is 2.26. The summed E-state index contributed by atoms with van der Waals surface area (Å²) in [6.07, 6.45) is 3.33. The van der Waals surface area contributed by atoms with Crippen molar-refractivity contribution in [2.24, 2.45) is 0 Å². The van der Waals surface area contributed by atoms with Crippen molar-refractivity contribution < 1.29 is 14.1 Å². The number of halogens is 1. The van der Waals surface area contributed by atoms with Crippen LogP contribution in [0.3, 0.4) is 0 Å². The number of anilines is 1. The van der Waals surface area contributed by atoms with Gasteiger partial charge in [-0.1, -0.05) is 23.8 Å². The Morgan fingerprint density at radius 3 is 2.59 bits per heavy atom. The van der Waals surface area contributed by atoms with Gasteiger partial charge in [-0.15, -0.1) is 0 Å². The zero-order valence-electron chi connectivity index (χ0n) is 14.9. The number of likely N-dealkylation sites (tertiary alicyclic amines) is 1. The summed E-state index contributed by atoms with van der Waals surface area (Å²) in [4.78, 5) is 25.1. The highest BCUT2D eigenvalue weighted by molar-refractivity contribution is 6.00. The molecule has 1 heterocycles. The number of carbonyl (C=O) groups excluding carboxylic acids is 1. The maximum atomic E-state index is 13.3. The van der Waals surface area contributed by atoms with Crippen molar-refractivity contribution in [3.8, 4) is 0 Å². The first kappa shape index (κ1) is 18.6. The minimum absolute atomic E-state index is 0.110. The molecule has 2 aromatic rings. The van der Waals surface area contributed by atoms with Crippen LogP contribution in [0.15, 0.2) is 48.0 Å². The Balaban J connectivity index is 1.73. The number of benzene rings is 2. The largest absolute Gasteiger partial charge is 0.387 e. The Hall–Kier alpha value is -3.22. The van der Waals surface area contributed by atoms with Crippen molar-refractivity contribution in [3.63, 3.8) is 0 Å². The molecule has 27 heavy (non-hydrogen) atoms. The number of carbonyl (C=O) groups is 1. The van der Waals surface area contributed by atoms with E-state index in [0.717, 1.165) is 11.1 Å². The lowest BCUT2D eigenvalue weighted by Crippen LogP contribution is -2.36. The maximum Gasteiger partial charge on any atom is 0.270 e. The molecule has 7 heteroatoms. The van der Waals surface area contributed by atoms with E-state index in [-0.39, 0.29) is 17.4 Å². The predicted molar refractivity (Wildman–Crippen MR) is 102 cm³/mol. The average molecular weight is 369 g/mol. The van der Waals surface area contributed by atoms with Gasteiger partial charge in [0.15, 0.2) is 0 Å². The van der Waals surface area contributed by atoms with Gasteiger partial charge in [-0.2, -0.15) is 0 Å². The first-order valence-electron chi connectivity index (χ1n) is 8.68. The second-order valence-corrected chi connectivity index (χ2v) is 6.39. The van der Waals surface area contributed by atoms with Crippen LogP contribution >= 0.6 is 0 Å². The number of non-ortho nitro benzene ring substituents is 1. The molecule has 0 unspecified atom stereocenters. The van der Waals surface area contributed by atoms with Crippen molar-refractivity contribution in [1.29, 1.82) is 0 Å². The van der Waals surface area contributed by atoms with Crippen LogP contribution in [0.2, 0.25) is 0 Å². The molecule has 0 atom stereocenters. The van der Waals surface area contributed by atoms with Crippen molar-refractivity contribution in [1.82, 2.24) is 4.90 Å². The number of nitrogens with zero attached hydrogens (tertiary/aromatic N) is 2. The number of nitro groups is 1. The zero-order chi connectivity index (χ0) is 19.4. The number of hydrogen-bond donors (Lipinski definition) is 1. The van der Waals surface area contributed by atoms with E-state index in [2.05, 4.69) is 5.32 Å². The fourth-order valence-electron chi connectivity index (χ4n) is 3.18. The molecule has 1 amide bonds. The van der Waals surface area contributed by atoms with E-state index >= 15 is 0 Å². The van der Waals surface area contributed by atoms with Gasteiger partial charge in [0.2, 0.25) is 0 Å². The first-order valence-corrected chi connectivity index (χ1v) is 8.68. The van der Waals surface area contributed by atoms with Crippen LogP contribution < -0.4 is 5.32 Å². The highest BCUT2D eigenvalue weighted by Gasteiger charge is 2.24. The zero-order valence-corrected chi connectivity index (χ0v) is 14.9. The molecular formula is C20H20FN3O3. The quantitative estimate of drug-likeness (QED) is 0.650. The first-order chi connectivity index (χ1) is 13.0. The number of hydrogen-bond acceptors (Lipinski definition) is 4. The van der Waals surface area contributed by atoms with Gasteiger partial charge < -0.3 is 10.2 Å². The minimum Gasteiger partial charge on any atom is -0.387 e.